The quantitative estimate of drug-likeness (QED) is 0.495. The van der Waals surface area contributed by atoms with Crippen LogP contribution in [0.5, 0.6) is 5.75 Å². The SMILES string of the molecule is COc1ccccc1-c1nnc(NC(=O)C2CCN(S(=O)(=O)c3ccc(S(C)(=O)=O)cc3)CC2)o1. The van der Waals surface area contributed by atoms with E-state index in [4.69, 9.17) is 9.15 Å². The van der Waals surface area contributed by atoms with Gasteiger partial charge in [-0.15, -0.1) is 5.10 Å². The smallest absolute Gasteiger partial charge is 0.322 e. The number of methoxy groups -OCH3 is 1. The number of amides is 1. The number of sulfonamides is 1. The molecule has 0 aliphatic carbocycles. The highest BCUT2D eigenvalue weighted by atomic mass is 32.2. The molecular weight excluding hydrogens is 496 g/mol. The van der Waals surface area contributed by atoms with Crippen LogP contribution < -0.4 is 10.1 Å². The van der Waals surface area contributed by atoms with E-state index in [1.807, 2.05) is 0 Å². The van der Waals surface area contributed by atoms with Gasteiger partial charge in [-0.05, 0) is 49.2 Å². The molecule has 11 nitrogen and oxygen atoms in total. The Hall–Kier alpha value is -3.29. The number of rotatable bonds is 7. The third kappa shape index (κ3) is 5.36. The molecule has 1 saturated heterocycles. The molecule has 4 rings (SSSR count). The summed E-state index contributed by atoms with van der Waals surface area (Å²) >= 11 is 0. The van der Waals surface area contributed by atoms with Crippen LogP contribution in [0.3, 0.4) is 0 Å². The van der Waals surface area contributed by atoms with Gasteiger partial charge in [0.05, 0.1) is 22.5 Å². The molecule has 1 aliphatic rings. The predicted octanol–water partition coefficient (Wildman–Crippen LogP) is 2.19. The average molecular weight is 521 g/mol. The Morgan fingerprint density at radius 1 is 1.00 bits per heavy atom. The van der Waals surface area contributed by atoms with Crippen molar-refractivity contribution < 1.29 is 30.8 Å². The maximum Gasteiger partial charge on any atom is 0.322 e. The first kappa shape index (κ1) is 24.8. The molecular formula is C22H24N4O7S2. The van der Waals surface area contributed by atoms with Crippen LogP contribution in [0.2, 0.25) is 0 Å². The standard InChI is InChI=1S/C22H24N4O7S2/c1-32-19-6-4-3-5-18(19)21-24-25-22(33-21)23-20(27)15-11-13-26(14-12-15)35(30,31)17-9-7-16(8-10-17)34(2,28)29/h3-10,15H,11-14H2,1-2H3,(H,23,25,27). The number of anilines is 1. The Balaban J connectivity index is 1.37. The van der Waals surface area contributed by atoms with Crippen molar-refractivity contribution in [3.05, 3.63) is 48.5 Å². The van der Waals surface area contributed by atoms with Crippen LogP contribution >= 0.6 is 0 Å². The lowest BCUT2D eigenvalue weighted by Gasteiger charge is -2.30. The van der Waals surface area contributed by atoms with Gasteiger partial charge in [0, 0.05) is 25.3 Å². The number of hydrogen-bond donors (Lipinski definition) is 1. The highest BCUT2D eigenvalue weighted by molar-refractivity contribution is 7.90. The second-order valence-corrected chi connectivity index (χ2v) is 12.0. The fourth-order valence-electron chi connectivity index (χ4n) is 3.78. The second-order valence-electron chi connectivity index (χ2n) is 8.02. The number of hydrogen-bond acceptors (Lipinski definition) is 9. The lowest BCUT2D eigenvalue weighted by molar-refractivity contribution is -0.121. The monoisotopic (exact) mass is 520 g/mol. The van der Waals surface area contributed by atoms with Crippen molar-refractivity contribution in [1.29, 1.82) is 0 Å². The minimum absolute atomic E-state index is 0.00234. The van der Waals surface area contributed by atoms with Crippen LogP contribution in [0.4, 0.5) is 6.01 Å². The number of benzene rings is 2. The zero-order valence-corrected chi connectivity index (χ0v) is 20.7. The van der Waals surface area contributed by atoms with Gasteiger partial charge >= 0.3 is 6.01 Å². The zero-order chi connectivity index (χ0) is 25.2. The first-order valence-corrected chi connectivity index (χ1v) is 14.0. The number of piperidine rings is 1. The number of sulfone groups is 1. The van der Waals surface area contributed by atoms with Crippen molar-refractivity contribution in [2.75, 3.05) is 31.8 Å². The second kappa shape index (κ2) is 9.76. The molecule has 0 bridgehead atoms. The highest BCUT2D eigenvalue weighted by Crippen LogP contribution is 2.30. The van der Waals surface area contributed by atoms with Gasteiger partial charge in [-0.1, -0.05) is 17.2 Å². The number of ether oxygens (including phenoxy) is 1. The summed E-state index contributed by atoms with van der Waals surface area (Å²) in [6, 6.07) is 12.1. The molecule has 1 aromatic heterocycles. The Labute approximate surface area is 203 Å². The molecule has 1 amide bonds. The summed E-state index contributed by atoms with van der Waals surface area (Å²) in [5, 5.41) is 10.4. The van der Waals surface area contributed by atoms with Crippen LogP contribution in [0.15, 0.2) is 62.7 Å². The molecule has 2 heterocycles. The molecule has 35 heavy (non-hydrogen) atoms. The Bertz CT molecular complexity index is 1430. The number of carbonyl (C=O) groups excluding carboxylic acids is 1. The Morgan fingerprint density at radius 2 is 1.63 bits per heavy atom. The fourth-order valence-corrected chi connectivity index (χ4v) is 5.88. The van der Waals surface area contributed by atoms with E-state index in [0.29, 0.717) is 24.2 Å². The van der Waals surface area contributed by atoms with E-state index in [1.165, 1.54) is 35.7 Å². The molecule has 2 aromatic carbocycles. The van der Waals surface area contributed by atoms with Crippen LogP contribution in [0.1, 0.15) is 12.8 Å². The molecule has 0 radical (unpaired) electrons. The van der Waals surface area contributed by atoms with Gasteiger partial charge in [-0.2, -0.15) is 4.31 Å². The van der Waals surface area contributed by atoms with Crippen molar-refractivity contribution in [1.82, 2.24) is 14.5 Å². The number of nitrogens with zero attached hydrogens (tertiary/aromatic N) is 3. The Morgan fingerprint density at radius 3 is 2.26 bits per heavy atom. The summed E-state index contributed by atoms with van der Waals surface area (Å²) in [6.45, 7) is 0.287. The van der Waals surface area contributed by atoms with Gasteiger partial charge in [0.25, 0.3) is 5.89 Å². The van der Waals surface area contributed by atoms with Crippen LogP contribution in [-0.2, 0) is 24.7 Å². The van der Waals surface area contributed by atoms with Crippen molar-refractivity contribution in [3.63, 3.8) is 0 Å². The molecule has 0 spiro atoms. The van der Waals surface area contributed by atoms with Gasteiger partial charge < -0.3 is 9.15 Å². The minimum atomic E-state index is -3.81. The average Bonchev–Trinajstić information content (AvgIpc) is 3.31. The van der Waals surface area contributed by atoms with Crippen molar-refractivity contribution >= 4 is 31.8 Å². The number of aromatic nitrogens is 2. The third-order valence-electron chi connectivity index (χ3n) is 5.71. The van der Waals surface area contributed by atoms with E-state index < -0.39 is 25.8 Å². The molecule has 3 aromatic rings. The summed E-state index contributed by atoms with van der Waals surface area (Å²) in [4.78, 5) is 12.8. The van der Waals surface area contributed by atoms with Crippen molar-refractivity contribution in [2.24, 2.45) is 5.92 Å². The van der Waals surface area contributed by atoms with Crippen LogP contribution in [0, 0.1) is 5.92 Å². The molecule has 0 unspecified atom stereocenters. The van der Waals surface area contributed by atoms with E-state index in [9.17, 15) is 21.6 Å². The van der Waals surface area contributed by atoms with Gasteiger partial charge in [0.15, 0.2) is 9.84 Å². The van der Waals surface area contributed by atoms with Gasteiger partial charge in [-0.25, -0.2) is 16.8 Å². The maximum atomic E-state index is 12.9. The van der Waals surface area contributed by atoms with Gasteiger partial charge in [0.2, 0.25) is 15.9 Å². The highest BCUT2D eigenvalue weighted by Gasteiger charge is 2.32. The van der Waals surface area contributed by atoms with E-state index in [0.717, 1.165) is 6.26 Å². The molecule has 1 aliphatic heterocycles. The third-order valence-corrected chi connectivity index (χ3v) is 8.75. The zero-order valence-electron chi connectivity index (χ0n) is 19.0. The first-order chi connectivity index (χ1) is 16.6. The molecule has 0 atom stereocenters. The summed E-state index contributed by atoms with van der Waals surface area (Å²) in [5.41, 5.74) is 0.589. The normalized spacial score (nSPS) is 15.6. The predicted molar refractivity (Wildman–Crippen MR) is 126 cm³/mol. The Kier molecular flexibility index (Phi) is 6.92. The molecule has 186 valence electrons. The summed E-state index contributed by atoms with van der Waals surface area (Å²) in [6.07, 6.45) is 1.67. The number of para-hydroxylation sites is 1. The van der Waals surface area contributed by atoms with E-state index >= 15 is 0 Å². The number of nitrogens with one attached hydrogen (secondary N) is 1. The molecule has 1 fully saturated rings. The molecule has 0 saturated carbocycles. The van der Waals surface area contributed by atoms with Crippen molar-refractivity contribution in [2.45, 2.75) is 22.6 Å². The van der Waals surface area contributed by atoms with E-state index in [-0.39, 0.29) is 40.7 Å². The van der Waals surface area contributed by atoms with Gasteiger partial charge in [0.1, 0.15) is 5.75 Å². The summed E-state index contributed by atoms with van der Waals surface area (Å²) in [7, 11) is -5.72. The van der Waals surface area contributed by atoms with Gasteiger partial charge in [-0.3, -0.25) is 10.1 Å². The lowest BCUT2D eigenvalue weighted by atomic mass is 9.97. The number of carbonyl (C=O) groups is 1. The van der Waals surface area contributed by atoms with E-state index in [2.05, 4.69) is 15.5 Å². The lowest BCUT2D eigenvalue weighted by Crippen LogP contribution is -2.41. The van der Waals surface area contributed by atoms with Crippen molar-refractivity contribution in [3.8, 4) is 17.2 Å². The summed E-state index contributed by atoms with van der Waals surface area (Å²) < 4.78 is 61.2. The van der Waals surface area contributed by atoms with Crippen LogP contribution in [0.25, 0.3) is 11.5 Å². The molecule has 13 heteroatoms. The maximum absolute atomic E-state index is 12.9. The largest absolute Gasteiger partial charge is 0.496 e. The van der Waals surface area contributed by atoms with Crippen LogP contribution in [-0.4, -0.2) is 63.7 Å². The topological polar surface area (TPSA) is 149 Å². The fraction of sp³-hybridized carbons (Fsp3) is 0.318. The minimum Gasteiger partial charge on any atom is -0.496 e. The van der Waals surface area contributed by atoms with E-state index in [1.54, 1.807) is 24.3 Å². The first-order valence-electron chi connectivity index (χ1n) is 10.7. The summed E-state index contributed by atoms with van der Waals surface area (Å²) in [5.74, 6) is -0.0282. The molecule has 1 N–H and O–H groups in total.